The van der Waals surface area contributed by atoms with E-state index in [4.69, 9.17) is 9.25 Å². The molecule has 1 N–H and O–H groups in total. The Balaban J connectivity index is 1.42. The van der Waals surface area contributed by atoms with Crippen molar-refractivity contribution in [1.82, 2.24) is 15.4 Å². The normalized spacial score (nSPS) is 17.1. The average Bonchev–Trinajstić information content (AvgIpc) is 3.63. The van der Waals surface area contributed by atoms with Gasteiger partial charge in [0.25, 0.3) is 17.7 Å². The molecule has 0 bridgehead atoms. The fourth-order valence-corrected chi connectivity index (χ4v) is 4.03. The van der Waals surface area contributed by atoms with Crippen LogP contribution in [0.2, 0.25) is 0 Å². The summed E-state index contributed by atoms with van der Waals surface area (Å²) >= 11 is 0. The second-order valence-corrected chi connectivity index (χ2v) is 8.41. The number of nitrogens with one attached hydrogen (secondary N) is 1. The first-order valence-corrected chi connectivity index (χ1v) is 11.8. The Bertz CT molecular complexity index is 1390. The van der Waals surface area contributed by atoms with Crippen LogP contribution in [0.15, 0.2) is 100 Å². The van der Waals surface area contributed by atoms with E-state index in [0.717, 1.165) is 0 Å². The number of para-hydroxylation sites is 1. The lowest BCUT2D eigenvalue weighted by atomic mass is 10.2. The summed E-state index contributed by atoms with van der Waals surface area (Å²) in [5, 5.41) is 1.36. The van der Waals surface area contributed by atoms with Crippen molar-refractivity contribution < 1.29 is 28.4 Å². The molecule has 192 valence electrons. The number of carbonyl (C=O) groups excluding carboxylic acids is 4. The second-order valence-electron chi connectivity index (χ2n) is 8.41. The first-order valence-electron chi connectivity index (χ1n) is 11.8. The smallest absolute Gasteiger partial charge is 0.376 e. The van der Waals surface area contributed by atoms with E-state index in [9.17, 15) is 19.2 Å². The summed E-state index contributed by atoms with van der Waals surface area (Å²) in [5.74, 6) is -1.98. The molecule has 2 fully saturated rings. The van der Waals surface area contributed by atoms with Gasteiger partial charge in [0.05, 0.1) is 12.0 Å². The molecule has 1 aromatic heterocycles. The monoisotopic (exact) mass is 513 g/mol. The van der Waals surface area contributed by atoms with Gasteiger partial charge in [-0.2, -0.15) is 0 Å². The van der Waals surface area contributed by atoms with Crippen LogP contribution in [0, 0.1) is 0 Å². The topological polar surface area (TPSA) is 125 Å². The van der Waals surface area contributed by atoms with Crippen LogP contribution in [0.3, 0.4) is 0 Å². The molecular weight excluding hydrogens is 490 g/mol. The van der Waals surface area contributed by atoms with Gasteiger partial charge in [-0.15, -0.1) is 0 Å². The summed E-state index contributed by atoms with van der Waals surface area (Å²) in [6.07, 6.45) is 2.66. The largest absolute Gasteiger partial charge is 0.459 e. The third kappa shape index (κ3) is 5.22. The van der Waals surface area contributed by atoms with Crippen LogP contribution >= 0.6 is 0 Å². The van der Waals surface area contributed by atoms with Gasteiger partial charge < -0.3 is 19.1 Å². The molecule has 0 radical (unpaired) electrons. The van der Waals surface area contributed by atoms with Crippen LogP contribution < -0.4 is 10.6 Å². The number of aliphatic imine (C=N–C) groups is 1. The molecule has 5 rings (SSSR count). The Morgan fingerprint density at radius 3 is 2.16 bits per heavy atom. The Morgan fingerprint density at radius 1 is 0.842 bits per heavy atom. The van der Waals surface area contributed by atoms with E-state index in [0.29, 0.717) is 5.69 Å². The number of hydrogen-bond acceptors (Lipinski definition) is 8. The van der Waals surface area contributed by atoms with E-state index >= 15 is 0 Å². The first-order chi connectivity index (χ1) is 18.5. The Kier molecular flexibility index (Phi) is 7.09. The minimum Gasteiger partial charge on any atom is -0.459 e. The zero-order valence-corrected chi connectivity index (χ0v) is 20.1. The van der Waals surface area contributed by atoms with E-state index in [1.54, 1.807) is 71.6 Å². The van der Waals surface area contributed by atoms with E-state index in [1.807, 2.05) is 6.07 Å². The molecule has 2 aliphatic rings. The third-order valence-electron chi connectivity index (χ3n) is 6.02. The first kappa shape index (κ1) is 24.7. The summed E-state index contributed by atoms with van der Waals surface area (Å²) in [6.45, 7) is 0.944. The van der Waals surface area contributed by atoms with Gasteiger partial charge in [0, 0.05) is 37.8 Å². The molecule has 11 nitrogen and oxygen atoms in total. The lowest BCUT2D eigenvalue weighted by Crippen LogP contribution is -2.52. The SMILES string of the molecule is O=C1ONN(c2ccccc2)/C1=C/C(=NC(=O)c1ccccc1)C(=O)N1CCN(C(=O)c2ccco2)CC1. The molecule has 2 saturated heterocycles. The quantitative estimate of drug-likeness (QED) is 0.407. The van der Waals surface area contributed by atoms with Crippen LogP contribution in [0.5, 0.6) is 0 Å². The van der Waals surface area contributed by atoms with Gasteiger partial charge in [-0.1, -0.05) is 42.0 Å². The molecule has 38 heavy (non-hydrogen) atoms. The molecule has 11 heteroatoms. The Hall–Kier alpha value is -5.03. The molecule has 2 aliphatic heterocycles. The number of hydrogen-bond donors (Lipinski definition) is 1. The van der Waals surface area contributed by atoms with Gasteiger partial charge in [-0.25, -0.2) is 14.8 Å². The van der Waals surface area contributed by atoms with Crippen molar-refractivity contribution in [2.45, 2.75) is 0 Å². The lowest BCUT2D eigenvalue weighted by Gasteiger charge is -2.34. The third-order valence-corrected chi connectivity index (χ3v) is 6.02. The van der Waals surface area contributed by atoms with Crippen molar-refractivity contribution in [2.24, 2.45) is 4.99 Å². The second kappa shape index (κ2) is 10.9. The number of benzene rings is 2. The number of rotatable bonds is 5. The number of carbonyl (C=O) groups is 4. The minimum absolute atomic E-state index is 0.0178. The highest BCUT2D eigenvalue weighted by molar-refractivity contribution is 6.45. The van der Waals surface area contributed by atoms with Crippen molar-refractivity contribution in [1.29, 1.82) is 0 Å². The Labute approximate surface area is 217 Å². The molecule has 3 heterocycles. The maximum absolute atomic E-state index is 13.6. The van der Waals surface area contributed by atoms with Gasteiger partial charge in [0.15, 0.2) is 11.5 Å². The number of nitrogens with zero attached hydrogens (tertiary/aromatic N) is 4. The molecule has 0 aliphatic carbocycles. The number of hydrazine groups is 1. The maximum Gasteiger partial charge on any atom is 0.376 e. The Morgan fingerprint density at radius 2 is 1.50 bits per heavy atom. The number of amides is 3. The van der Waals surface area contributed by atoms with E-state index in [1.165, 1.54) is 22.2 Å². The average molecular weight is 514 g/mol. The summed E-state index contributed by atoms with van der Waals surface area (Å²) in [6, 6.07) is 20.4. The van der Waals surface area contributed by atoms with Crippen LogP contribution in [0.4, 0.5) is 5.69 Å². The van der Waals surface area contributed by atoms with Gasteiger partial charge in [-0.05, 0) is 36.4 Å². The zero-order chi connectivity index (χ0) is 26.5. The van der Waals surface area contributed by atoms with E-state index in [-0.39, 0.29) is 54.8 Å². The van der Waals surface area contributed by atoms with E-state index < -0.39 is 17.8 Å². The minimum atomic E-state index is -0.740. The van der Waals surface area contributed by atoms with Crippen LogP contribution in [0.25, 0.3) is 0 Å². The van der Waals surface area contributed by atoms with Crippen LogP contribution in [0.1, 0.15) is 20.9 Å². The lowest BCUT2D eigenvalue weighted by molar-refractivity contribution is -0.140. The van der Waals surface area contributed by atoms with Crippen molar-refractivity contribution in [3.8, 4) is 0 Å². The highest BCUT2D eigenvalue weighted by Gasteiger charge is 2.33. The fourth-order valence-electron chi connectivity index (χ4n) is 4.03. The number of furan rings is 1. The summed E-state index contributed by atoms with van der Waals surface area (Å²) in [7, 11) is 0. The zero-order valence-electron chi connectivity index (χ0n) is 20.1. The van der Waals surface area contributed by atoms with Crippen molar-refractivity contribution in [3.05, 3.63) is 102 Å². The summed E-state index contributed by atoms with van der Waals surface area (Å²) in [5.41, 5.74) is 3.13. The molecule has 2 aromatic carbocycles. The molecule has 0 unspecified atom stereocenters. The molecular formula is C27H23N5O6. The van der Waals surface area contributed by atoms with Gasteiger partial charge >= 0.3 is 5.97 Å². The van der Waals surface area contributed by atoms with Gasteiger partial charge in [0.2, 0.25) is 0 Å². The summed E-state index contributed by atoms with van der Waals surface area (Å²) < 4.78 is 5.19. The number of anilines is 1. The predicted molar refractivity (Wildman–Crippen MR) is 136 cm³/mol. The highest BCUT2D eigenvalue weighted by Crippen LogP contribution is 2.22. The standard InChI is InChI=1S/C27H23N5O6/c33-24(19-8-3-1-4-9-19)28-21(18-22-27(36)38-29-32(22)20-10-5-2-6-11-20)25(34)30-13-15-31(16-14-30)26(35)23-12-7-17-37-23/h1-12,17-18,29H,13-16H2/b22-18+,28-21?. The number of piperazine rings is 1. The van der Waals surface area contributed by atoms with E-state index in [2.05, 4.69) is 10.6 Å². The molecule has 3 amide bonds. The highest BCUT2D eigenvalue weighted by atomic mass is 16.7. The fraction of sp³-hybridized carbons (Fsp3) is 0.148. The van der Waals surface area contributed by atoms with Crippen molar-refractivity contribution >= 4 is 35.1 Å². The van der Waals surface area contributed by atoms with Crippen molar-refractivity contribution in [3.63, 3.8) is 0 Å². The van der Waals surface area contributed by atoms with Gasteiger partial charge in [0.1, 0.15) is 5.71 Å². The predicted octanol–water partition coefficient (Wildman–Crippen LogP) is 2.21. The molecule has 0 saturated carbocycles. The van der Waals surface area contributed by atoms with Gasteiger partial charge in [-0.3, -0.25) is 14.4 Å². The molecule has 3 aromatic rings. The maximum atomic E-state index is 13.6. The van der Waals surface area contributed by atoms with Crippen LogP contribution in [-0.2, 0) is 14.4 Å². The van der Waals surface area contributed by atoms with Crippen molar-refractivity contribution in [2.75, 3.05) is 31.2 Å². The molecule has 0 spiro atoms. The van der Waals surface area contributed by atoms with Crippen LogP contribution in [-0.4, -0.2) is 65.4 Å². The summed E-state index contributed by atoms with van der Waals surface area (Å²) in [4.78, 5) is 63.8. The molecule has 0 atom stereocenters.